The highest BCUT2D eigenvalue weighted by atomic mass is 79.9. The predicted octanol–water partition coefficient (Wildman–Crippen LogP) is 3.39. The minimum atomic E-state index is -5.06. The molecule has 0 unspecified atom stereocenters. The van der Waals surface area contributed by atoms with Crippen molar-refractivity contribution in [2.24, 2.45) is 0 Å². The molecular formula is C4Br2F6. The van der Waals surface area contributed by atoms with Gasteiger partial charge in [-0.05, 0) is 31.9 Å². The van der Waals surface area contributed by atoms with Gasteiger partial charge in [0.1, 0.15) is 0 Å². The van der Waals surface area contributed by atoms with Gasteiger partial charge in [0.15, 0.2) is 0 Å². The maximum absolute atomic E-state index is 12.5. The number of rotatable bonds is 0. The van der Waals surface area contributed by atoms with Crippen molar-refractivity contribution in [1.29, 1.82) is 0 Å². The lowest BCUT2D eigenvalue weighted by Gasteiger charge is -2.52. The predicted molar refractivity (Wildman–Crippen MR) is 35.4 cm³/mol. The van der Waals surface area contributed by atoms with E-state index in [2.05, 4.69) is 0 Å². The smallest absolute Gasteiger partial charge is 0.219 e. The fourth-order valence-corrected chi connectivity index (χ4v) is 1.72. The lowest BCUT2D eigenvalue weighted by Crippen LogP contribution is -2.81. The molecule has 0 radical (unpaired) electrons. The van der Waals surface area contributed by atoms with Gasteiger partial charge in [-0.1, -0.05) is 0 Å². The Balaban J connectivity index is 3.16. The molecule has 12 heavy (non-hydrogen) atoms. The third kappa shape index (κ3) is 0.718. The lowest BCUT2D eigenvalue weighted by molar-refractivity contribution is -0.373. The number of halogens is 8. The van der Waals surface area contributed by atoms with E-state index in [0.29, 0.717) is 0 Å². The van der Waals surface area contributed by atoms with E-state index in [1.165, 1.54) is 0 Å². The van der Waals surface area contributed by atoms with E-state index >= 15 is 0 Å². The Labute approximate surface area is 79.6 Å². The first-order valence-electron chi connectivity index (χ1n) is 2.51. The minimum Gasteiger partial charge on any atom is -0.219 e. The van der Waals surface area contributed by atoms with Crippen molar-refractivity contribution in [2.75, 3.05) is 0 Å². The van der Waals surface area contributed by atoms with E-state index in [1.54, 1.807) is 31.9 Å². The summed E-state index contributed by atoms with van der Waals surface area (Å²) >= 11 is 3.13. The second kappa shape index (κ2) is 2.13. The maximum atomic E-state index is 12.5. The second-order valence-electron chi connectivity index (χ2n) is 2.30. The number of hydrogen-bond donors (Lipinski definition) is 0. The molecule has 8 heteroatoms. The van der Waals surface area contributed by atoms with Crippen molar-refractivity contribution in [3.8, 4) is 0 Å². The molecule has 1 rings (SSSR count). The second-order valence-corrected chi connectivity index (χ2v) is 4.48. The zero-order valence-electron chi connectivity index (χ0n) is 5.02. The molecule has 0 heterocycles. The molecule has 0 aromatic heterocycles. The van der Waals surface area contributed by atoms with Crippen molar-refractivity contribution in [3.63, 3.8) is 0 Å². The van der Waals surface area contributed by atoms with Crippen LogP contribution in [0.1, 0.15) is 0 Å². The molecule has 0 bridgehead atoms. The molecular weight excluding hydrogens is 322 g/mol. The molecule has 2 atom stereocenters. The van der Waals surface area contributed by atoms with Gasteiger partial charge in [-0.25, -0.2) is 8.78 Å². The van der Waals surface area contributed by atoms with Crippen LogP contribution in [-0.4, -0.2) is 21.0 Å². The molecule has 0 spiro atoms. The summed E-state index contributed by atoms with van der Waals surface area (Å²) in [5.74, 6) is -10.1. The van der Waals surface area contributed by atoms with Crippen LogP contribution in [-0.2, 0) is 0 Å². The molecule has 0 saturated heterocycles. The first-order chi connectivity index (χ1) is 5.00. The van der Waals surface area contributed by atoms with Crippen molar-refractivity contribution >= 4 is 31.9 Å². The fourth-order valence-electron chi connectivity index (χ4n) is 0.726. The van der Waals surface area contributed by atoms with Gasteiger partial charge in [0.2, 0.25) is 0 Å². The molecule has 72 valence electrons. The summed E-state index contributed by atoms with van der Waals surface area (Å²) in [4.78, 5) is 0. The van der Waals surface area contributed by atoms with Gasteiger partial charge >= 0.3 is 11.8 Å². The molecule has 0 N–H and O–H groups in total. The summed E-state index contributed by atoms with van der Waals surface area (Å²) in [7, 11) is 0. The van der Waals surface area contributed by atoms with Crippen LogP contribution in [0.2, 0.25) is 0 Å². The van der Waals surface area contributed by atoms with Gasteiger partial charge in [-0.15, -0.1) is 0 Å². The number of alkyl halides is 8. The van der Waals surface area contributed by atoms with Crippen molar-refractivity contribution in [3.05, 3.63) is 0 Å². The summed E-state index contributed by atoms with van der Waals surface area (Å²) < 4.78 is 65.5. The van der Waals surface area contributed by atoms with Crippen LogP contribution in [0.25, 0.3) is 0 Å². The van der Waals surface area contributed by atoms with Gasteiger partial charge < -0.3 is 0 Å². The average molecular weight is 322 g/mol. The van der Waals surface area contributed by atoms with E-state index in [4.69, 9.17) is 0 Å². The molecule has 0 aromatic rings. The summed E-state index contributed by atoms with van der Waals surface area (Å²) in [5.41, 5.74) is 0. The first-order valence-corrected chi connectivity index (χ1v) is 4.10. The van der Waals surface area contributed by atoms with E-state index in [-0.39, 0.29) is 0 Å². The summed E-state index contributed by atoms with van der Waals surface area (Å²) in [6.45, 7) is 0. The Morgan fingerprint density at radius 2 is 0.750 bits per heavy atom. The SMILES string of the molecule is FC1(F)C(F)(F)[C@@](F)(Br)[C@]1(F)Br. The Hall–Kier alpha value is 0.540. The molecule has 1 aliphatic rings. The zero-order valence-corrected chi connectivity index (χ0v) is 8.20. The highest BCUT2D eigenvalue weighted by Gasteiger charge is 2.97. The van der Waals surface area contributed by atoms with Gasteiger partial charge in [-0.3, -0.25) is 0 Å². The molecule has 1 fully saturated rings. The van der Waals surface area contributed by atoms with E-state index in [9.17, 15) is 26.3 Å². The zero-order chi connectivity index (χ0) is 10.0. The highest BCUT2D eigenvalue weighted by molar-refractivity contribution is 9.13. The number of hydrogen-bond acceptors (Lipinski definition) is 0. The molecule has 0 aromatic carbocycles. The average Bonchev–Trinajstić information content (AvgIpc) is 1.84. The van der Waals surface area contributed by atoms with Crippen LogP contribution in [0.3, 0.4) is 0 Å². The quantitative estimate of drug-likeness (QED) is 0.474. The largest absolute Gasteiger partial charge is 0.362 e. The summed E-state index contributed by atoms with van der Waals surface area (Å²) in [6.07, 6.45) is 0. The van der Waals surface area contributed by atoms with Crippen molar-refractivity contribution < 1.29 is 26.3 Å². The third-order valence-corrected chi connectivity index (χ3v) is 4.20. The van der Waals surface area contributed by atoms with E-state index in [0.717, 1.165) is 0 Å². The fraction of sp³-hybridized carbons (Fsp3) is 1.00. The van der Waals surface area contributed by atoms with Crippen LogP contribution in [0.15, 0.2) is 0 Å². The van der Waals surface area contributed by atoms with Gasteiger partial charge in [0.25, 0.3) is 9.16 Å². The standard InChI is InChI=1S/C4Br2F6/c5-1(7)2(6,8)4(11,12)3(1,9)10/t1-,2-/m1/s1. The lowest BCUT2D eigenvalue weighted by atomic mass is 9.84. The topological polar surface area (TPSA) is 0 Å². The molecule has 0 nitrogen and oxygen atoms in total. The molecule has 1 aliphatic carbocycles. The molecule has 0 aliphatic heterocycles. The highest BCUT2D eigenvalue weighted by Crippen LogP contribution is 2.72. The minimum absolute atomic E-state index is 1.56. The van der Waals surface area contributed by atoms with Crippen molar-refractivity contribution in [2.45, 2.75) is 21.0 Å². The van der Waals surface area contributed by atoms with Crippen molar-refractivity contribution in [1.82, 2.24) is 0 Å². The Kier molecular flexibility index (Phi) is 1.88. The van der Waals surface area contributed by atoms with E-state index < -0.39 is 21.0 Å². The summed E-state index contributed by atoms with van der Waals surface area (Å²) in [6, 6.07) is 0. The van der Waals surface area contributed by atoms with Gasteiger partial charge in [0.05, 0.1) is 0 Å². The first kappa shape index (κ1) is 10.6. The summed E-state index contributed by atoms with van der Waals surface area (Å²) in [5, 5.41) is 0. The monoisotopic (exact) mass is 320 g/mol. The van der Waals surface area contributed by atoms with Crippen LogP contribution in [0.5, 0.6) is 0 Å². The van der Waals surface area contributed by atoms with Gasteiger partial charge in [0, 0.05) is 0 Å². The third-order valence-electron chi connectivity index (χ3n) is 1.58. The van der Waals surface area contributed by atoms with E-state index in [1.807, 2.05) is 0 Å². The van der Waals surface area contributed by atoms with Crippen LogP contribution in [0.4, 0.5) is 26.3 Å². The normalized spacial score (nSPS) is 50.0. The van der Waals surface area contributed by atoms with Crippen LogP contribution in [0, 0.1) is 0 Å². The van der Waals surface area contributed by atoms with Crippen LogP contribution >= 0.6 is 31.9 Å². The Morgan fingerprint density at radius 3 is 0.833 bits per heavy atom. The molecule has 0 amide bonds. The Morgan fingerprint density at radius 1 is 0.583 bits per heavy atom. The molecule has 1 saturated carbocycles. The van der Waals surface area contributed by atoms with Gasteiger partial charge in [-0.2, -0.15) is 17.6 Å². The maximum Gasteiger partial charge on any atom is 0.362 e. The Bertz CT molecular complexity index is 158. The van der Waals surface area contributed by atoms with Crippen LogP contribution < -0.4 is 0 Å².